The van der Waals surface area contributed by atoms with Crippen LogP contribution in [0.15, 0.2) is 125 Å². The molecule has 4 N–H and O–H groups in total. The molecule has 0 radical (unpaired) electrons. The Kier molecular flexibility index (Phi) is 15.7. The molecular formula is C51H61FN4O9S2. The van der Waals surface area contributed by atoms with E-state index in [1.165, 1.54) is 18.2 Å². The van der Waals surface area contributed by atoms with E-state index in [0.717, 1.165) is 36.2 Å². The van der Waals surface area contributed by atoms with Gasteiger partial charge in [0.05, 0.1) is 27.4 Å². The maximum absolute atomic E-state index is 13.3. The van der Waals surface area contributed by atoms with Gasteiger partial charge < -0.3 is 24.8 Å². The van der Waals surface area contributed by atoms with Gasteiger partial charge in [-0.15, -0.1) is 0 Å². The van der Waals surface area contributed by atoms with Crippen molar-refractivity contribution in [1.29, 1.82) is 0 Å². The molecule has 13 nitrogen and oxygen atoms in total. The van der Waals surface area contributed by atoms with E-state index in [4.69, 9.17) is 9.47 Å². The van der Waals surface area contributed by atoms with Gasteiger partial charge in [-0.25, -0.2) is 26.3 Å². The Morgan fingerprint density at radius 2 is 1.15 bits per heavy atom. The molecule has 5 aromatic carbocycles. The van der Waals surface area contributed by atoms with Crippen molar-refractivity contribution in [3.8, 4) is 11.5 Å². The highest BCUT2D eigenvalue weighted by atomic mass is 32.2. The average Bonchev–Trinajstić information content (AvgIpc) is 3.30. The molecule has 0 saturated carbocycles. The molecule has 358 valence electrons. The molecule has 5 aromatic rings. The summed E-state index contributed by atoms with van der Waals surface area (Å²) in [5.74, 6) is 0.284. The fourth-order valence-corrected chi connectivity index (χ4v) is 10.6. The van der Waals surface area contributed by atoms with Crippen LogP contribution in [0.4, 0.5) is 10.1 Å². The molecule has 0 spiro atoms. The number of likely N-dealkylation sites (N-methyl/N-ethyl adjacent to an activating group) is 1. The molecule has 0 fully saturated rings. The number of amides is 1. The molecule has 7 rings (SSSR count). The Morgan fingerprint density at radius 3 is 1.66 bits per heavy atom. The quantitative estimate of drug-likeness (QED) is 0.0747. The summed E-state index contributed by atoms with van der Waals surface area (Å²) in [6, 6.07) is 29.1. The number of hydrogen-bond donors (Lipinski definition) is 4. The number of rotatable bonds is 15. The van der Waals surface area contributed by atoms with Crippen molar-refractivity contribution >= 4 is 37.7 Å². The van der Waals surface area contributed by atoms with Crippen LogP contribution in [-0.2, 0) is 32.9 Å². The zero-order chi connectivity index (χ0) is 48.9. The van der Waals surface area contributed by atoms with Crippen molar-refractivity contribution < 1.29 is 45.4 Å². The molecule has 2 aliphatic rings. The highest BCUT2D eigenvalue weighted by Crippen LogP contribution is 2.45. The van der Waals surface area contributed by atoms with Crippen LogP contribution < -0.4 is 29.1 Å². The summed E-state index contributed by atoms with van der Waals surface area (Å²) in [5.41, 5.74) is 2.49. The van der Waals surface area contributed by atoms with Gasteiger partial charge in [0.25, 0.3) is 5.91 Å². The van der Waals surface area contributed by atoms with E-state index in [1.807, 2.05) is 65.0 Å². The van der Waals surface area contributed by atoms with E-state index >= 15 is 0 Å². The van der Waals surface area contributed by atoms with Crippen molar-refractivity contribution in [3.63, 3.8) is 0 Å². The number of ether oxygens (including phenoxy) is 2. The predicted octanol–water partition coefficient (Wildman–Crippen LogP) is 8.24. The number of aryl methyl sites for hydroxylation is 2. The number of nitrogens with one attached hydrogen (secondary N) is 3. The molecule has 4 atom stereocenters. The molecule has 0 unspecified atom stereocenters. The first kappa shape index (κ1) is 50.8. The molecule has 0 aliphatic carbocycles. The maximum atomic E-state index is 13.3. The van der Waals surface area contributed by atoms with E-state index in [0.29, 0.717) is 41.3 Å². The first-order valence-corrected chi connectivity index (χ1v) is 25.4. The lowest BCUT2D eigenvalue weighted by molar-refractivity contribution is -0.0603. The van der Waals surface area contributed by atoms with Gasteiger partial charge in [-0.05, 0) is 131 Å². The summed E-state index contributed by atoms with van der Waals surface area (Å²) in [6.07, 6.45) is 0.408. The van der Waals surface area contributed by atoms with E-state index in [2.05, 4.69) is 26.6 Å². The zero-order valence-electron chi connectivity index (χ0n) is 39.2. The number of carbonyl (C=O) groups excluding carboxylic acids is 2. The Hall–Kier alpha value is -5.65. The molecule has 0 bridgehead atoms. The summed E-state index contributed by atoms with van der Waals surface area (Å²) in [4.78, 5) is 26.6. The molecule has 0 saturated heterocycles. The van der Waals surface area contributed by atoms with E-state index in [1.54, 1.807) is 80.6 Å². The minimum absolute atomic E-state index is 0.102. The van der Waals surface area contributed by atoms with Gasteiger partial charge in [0, 0.05) is 47.9 Å². The Labute approximate surface area is 394 Å². The number of aliphatic hydroxyl groups is 1. The topological polar surface area (TPSA) is 180 Å². The van der Waals surface area contributed by atoms with Crippen LogP contribution in [0, 0.1) is 5.92 Å². The van der Waals surface area contributed by atoms with Crippen molar-refractivity contribution in [2.45, 2.75) is 107 Å². The van der Waals surface area contributed by atoms with Gasteiger partial charge in [-0.3, -0.25) is 9.59 Å². The largest absolute Gasteiger partial charge is 0.487 e. The maximum Gasteiger partial charge on any atom is 0.332 e. The Morgan fingerprint density at radius 1 is 0.672 bits per heavy atom. The summed E-state index contributed by atoms with van der Waals surface area (Å²) >= 11 is 0. The third-order valence-electron chi connectivity index (χ3n) is 12.6. The Bertz CT molecular complexity index is 2770. The van der Waals surface area contributed by atoms with Crippen LogP contribution in [0.25, 0.3) is 0 Å². The lowest BCUT2D eigenvalue weighted by atomic mass is 9.80. The first-order valence-electron chi connectivity index (χ1n) is 22.4. The van der Waals surface area contributed by atoms with Crippen LogP contribution >= 0.6 is 0 Å². The van der Waals surface area contributed by atoms with Crippen molar-refractivity contribution in [3.05, 3.63) is 149 Å². The number of sulfonamides is 2. The van der Waals surface area contributed by atoms with Crippen molar-refractivity contribution in [2.75, 3.05) is 24.5 Å². The molecule has 16 heteroatoms. The highest BCUT2D eigenvalue weighted by molar-refractivity contribution is 7.89. The number of fused-ring (bicyclic) bond motifs is 2. The predicted molar refractivity (Wildman–Crippen MR) is 257 cm³/mol. The standard InChI is InChI=1S/C30H37N3O5S.C21H24FNO4S/c1-5-21-12-15-24(16-13-21)39(36,37)32-27-25-20-22(14-17-26(25)38-30(3,4)28(27)34)29(35)31-18-19-33(6-2)23-10-8-7-9-11-23;1-5-14-6-9-16(10-7-14)28(25,26)23-19-13(2)21(3,4)27-18-11-8-15(20(22)24)12-17(18)19/h7-17,20,27-28,32,34H,5-6,18-19H2,1-4H3,(H,31,35);6-13,19,23H,5H2,1-4H3/t27-,28-;13-,19+/m11/s1. The van der Waals surface area contributed by atoms with Crippen LogP contribution in [0.2, 0.25) is 0 Å². The molecule has 67 heavy (non-hydrogen) atoms. The van der Waals surface area contributed by atoms with Crippen molar-refractivity contribution in [1.82, 2.24) is 14.8 Å². The number of hydrogen-bond acceptors (Lipinski definition) is 10. The third-order valence-corrected chi connectivity index (χ3v) is 15.5. The van der Waals surface area contributed by atoms with Gasteiger partial charge in [-0.1, -0.05) is 63.2 Å². The fourth-order valence-electron chi connectivity index (χ4n) is 8.08. The number of anilines is 1. The summed E-state index contributed by atoms with van der Waals surface area (Å²) in [5, 5.41) is 14.1. The molecule has 2 aliphatic heterocycles. The fraction of sp³-hybridized carbons (Fsp3) is 0.373. The zero-order valence-corrected chi connectivity index (χ0v) is 40.8. The molecule has 2 heterocycles. The van der Waals surface area contributed by atoms with Crippen LogP contribution in [0.5, 0.6) is 11.5 Å². The normalized spacial score (nSPS) is 19.3. The minimum atomic E-state index is -3.97. The number of nitrogens with zero attached hydrogens (tertiary/aromatic N) is 1. The van der Waals surface area contributed by atoms with Gasteiger partial charge in [0.15, 0.2) is 0 Å². The first-order chi connectivity index (χ1) is 31.6. The second-order valence-corrected chi connectivity index (χ2v) is 21.2. The molecule has 1 amide bonds. The third kappa shape index (κ3) is 11.7. The van der Waals surface area contributed by atoms with Gasteiger partial charge >= 0.3 is 6.04 Å². The lowest BCUT2D eigenvalue weighted by Crippen LogP contribution is -2.53. The monoisotopic (exact) mass is 956 g/mol. The molecular weight excluding hydrogens is 896 g/mol. The van der Waals surface area contributed by atoms with Gasteiger partial charge in [-0.2, -0.15) is 4.39 Å². The smallest absolute Gasteiger partial charge is 0.332 e. The number of aliphatic hydroxyl groups excluding tert-OH is 1. The minimum Gasteiger partial charge on any atom is -0.487 e. The second-order valence-electron chi connectivity index (χ2n) is 17.8. The summed E-state index contributed by atoms with van der Waals surface area (Å²) < 4.78 is 83.2. The molecule has 0 aromatic heterocycles. The van der Waals surface area contributed by atoms with Gasteiger partial charge in [0.1, 0.15) is 28.8 Å². The van der Waals surface area contributed by atoms with E-state index in [9.17, 15) is 35.9 Å². The SMILES string of the molecule is CCc1ccc(S(=O)(=O)N[C@@H]2c3cc(C(=O)F)ccc3OC(C)(C)[C@@H]2C)cc1.CCc1ccc(S(=O)(=O)N[C@@H]2c3cc(C(=O)NCCN(CC)c4ccccc4)ccc3OC(C)(C)[C@@H]2O)cc1. The van der Waals surface area contributed by atoms with Crippen LogP contribution in [0.1, 0.15) is 110 Å². The van der Waals surface area contributed by atoms with Crippen molar-refractivity contribution in [2.24, 2.45) is 5.92 Å². The number of halogens is 1. The average molecular weight is 957 g/mol. The van der Waals surface area contributed by atoms with E-state index < -0.39 is 55.5 Å². The van der Waals surface area contributed by atoms with Gasteiger partial charge in [0.2, 0.25) is 20.0 Å². The van der Waals surface area contributed by atoms with Crippen LogP contribution in [-0.4, -0.2) is 70.8 Å². The number of para-hydroxylation sites is 1. The van der Waals surface area contributed by atoms with E-state index in [-0.39, 0.29) is 27.2 Å². The number of benzene rings is 5. The van der Waals surface area contributed by atoms with Crippen LogP contribution in [0.3, 0.4) is 0 Å². The highest BCUT2D eigenvalue weighted by Gasteiger charge is 2.45. The lowest BCUT2D eigenvalue weighted by Gasteiger charge is -2.43. The second kappa shape index (κ2) is 20.7. The summed E-state index contributed by atoms with van der Waals surface area (Å²) in [6.45, 7) is 16.9. The number of carbonyl (C=O) groups is 2. The summed E-state index contributed by atoms with van der Waals surface area (Å²) in [7, 11) is -7.80. The Balaban J connectivity index is 0.000000233.